The molecule has 7 nitrogen and oxygen atoms in total. The van der Waals surface area contributed by atoms with Crippen LogP contribution in [0, 0.1) is 0 Å². The summed E-state index contributed by atoms with van der Waals surface area (Å²) in [6.07, 6.45) is 0.164. The van der Waals surface area contributed by atoms with Crippen LogP contribution in [0.1, 0.15) is 11.4 Å². The lowest BCUT2D eigenvalue weighted by atomic mass is 10.2. The molecule has 146 valence electrons. The van der Waals surface area contributed by atoms with Crippen molar-refractivity contribution in [3.05, 3.63) is 60.3 Å². The number of alkyl halides is 3. The van der Waals surface area contributed by atoms with E-state index in [0.717, 1.165) is 5.56 Å². The molecule has 11 heteroatoms. The standard InChI is InChI=1S/C17H13F3N6O.ClH/c1-27-12-5-3-11(4-6-12)9-26-14(23-15(24-26)17(18,19)20)13-10-25-8-2-7-21-16(25)22-13;/h2-8,10H,9H2,1H3;1H. The zero-order chi connectivity index (χ0) is 19.0. The van der Waals surface area contributed by atoms with E-state index in [1.54, 1.807) is 53.3 Å². The molecule has 0 aliphatic carbocycles. The summed E-state index contributed by atoms with van der Waals surface area (Å²) >= 11 is 0. The van der Waals surface area contributed by atoms with Crippen molar-refractivity contribution in [3.63, 3.8) is 0 Å². The monoisotopic (exact) mass is 410 g/mol. The van der Waals surface area contributed by atoms with Gasteiger partial charge in [-0.15, -0.1) is 17.5 Å². The van der Waals surface area contributed by atoms with Gasteiger partial charge in [0.2, 0.25) is 5.78 Å². The maximum Gasteiger partial charge on any atom is 0.453 e. The van der Waals surface area contributed by atoms with Crippen LogP contribution >= 0.6 is 12.4 Å². The van der Waals surface area contributed by atoms with E-state index >= 15 is 0 Å². The number of nitrogens with zero attached hydrogens (tertiary/aromatic N) is 6. The molecule has 0 spiro atoms. The normalized spacial score (nSPS) is 11.4. The highest BCUT2D eigenvalue weighted by atomic mass is 35.5. The van der Waals surface area contributed by atoms with E-state index in [1.165, 1.54) is 11.8 Å². The Bertz CT molecular complexity index is 1060. The van der Waals surface area contributed by atoms with Gasteiger partial charge in [0.1, 0.15) is 11.4 Å². The second kappa shape index (κ2) is 7.47. The van der Waals surface area contributed by atoms with Crippen molar-refractivity contribution in [1.82, 2.24) is 29.1 Å². The summed E-state index contributed by atoms with van der Waals surface area (Å²) in [6.45, 7) is 0.101. The molecule has 0 amide bonds. The molecule has 0 atom stereocenters. The highest BCUT2D eigenvalue weighted by Crippen LogP contribution is 2.29. The van der Waals surface area contributed by atoms with Crippen molar-refractivity contribution in [2.75, 3.05) is 7.11 Å². The molecule has 0 saturated carbocycles. The summed E-state index contributed by atoms with van der Waals surface area (Å²) in [5, 5.41) is 3.65. The number of imidazole rings is 1. The fourth-order valence-corrected chi connectivity index (χ4v) is 2.60. The van der Waals surface area contributed by atoms with Crippen LogP contribution in [-0.2, 0) is 12.7 Å². The van der Waals surface area contributed by atoms with Crippen LogP contribution < -0.4 is 4.74 Å². The number of fused-ring (bicyclic) bond motifs is 1. The summed E-state index contributed by atoms with van der Waals surface area (Å²) in [5.74, 6) is -0.181. The number of methoxy groups -OCH3 is 1. The molecule has 3 aromatic heterocycles. The Balaban J connectivity index is 0.00000225. The molecule has 0 aliphatic heterocycles. The lowest BCUT2D eigenvalue weighted by molar-refractivity contribution is -0.144. The molecule has 0 unspecified atom stereocenters. The number of benzene rings is 1. The summed E-state index contributed by atoms with van der Waals surface area (Å²) in [5.41, 5.74) is 1.00. The largest absolute Gasteiger partial charge is 0.497 e. The molecule has 0 saturated heterocycles. The van der Waals surface area contributed by atoms with E-state index < -0.39 is 12.0 Å². The number of hydrogen-bond donors (Lipinski definition) is 0. The lowest BCUT2D eigenvalue weighted by Gasteiger charge is -2.06. The number of aromatic nitrogens is 6. The summed E-state index contributed by atoms with van der Waals surface area (Å²) in [4.78, 5) is 12.0. The Hall–Kier alpha value is -3.14. The second-order valence-corrected chi connectivity index (χ2v) is 5.72. The minimum Gasteiger partial charge on any atom is -0.497 e. The molecule has 28 heavy (non-hydrogen) atoms. The maximum atomic E-state index is 13.1. The third kappa shape index (κ3) is 3.77. The first-order valence-corrected chi connectivity index (χ1v) is 7.89. The molecule has 3 heterocycles. The molecule has 0 radical (unpaired) electrons. The zero-order valence-corrected chi connectivity index (χ0v) is 15.3. The van der Waals surface area contributed by atoms with Crippen molar-refractivity contribution in [1.29, 1.82) is 0 Å². The first-order valence-electron chi connectivity index (χ1n) is 7.89. The quantitative estimate of drug-likeness (QED) is 0.515. The Morgan fingerprint density at radius 3 is 2.50 bits per heavy atom. The Kier molecular flexibility index (Phi) is 5.23. The van der Waals surface area contributed by atoms with Gasteiger partial charge in [0.25, 0.3) is 5.82 Å². The predicted molar refractivity (Wildman–Crippen MR) is 96.3 cm³/mol. The number of hydrogen-bond acceptors (Lipinski definition) is 5. The second-order valence-electron chi connectivity index (χ2n) is 5.72. The van der Waals surface area contributed by atoms with Crippen LogP contribution in [0.25, 0.3) is 17.3 Å². The number of ether oxygens (including phenoxy) is 1. The molecular formula is C17H14ClF3N6O. The van der Waals surface area contributed by atoms with Gasteiger partial charge in [-0.3, -0.25) is 4.40 Å². The highest BCUT2D eigenvalue weighted by molar-refractivity contribution is 5.85. The topological polar surface area (TPSA) is 70.1 Å². The first kappa shape index (κ1) is 19.6. The van der Waals surface area contributed by atoms with Crippen LogP contribution in [0.2, 0.25) is 0 Å². The SMILES string of the molecule is COc1ccc(Cn2nc(C(F)(F)F)nc2-c2cn3cccnc3n2)cc1.Cl. The van der Waals surface area contributed by atoms with E-state index in [-0.39, 0.29) is 30.5 Å². The average Bonchev–Trinajstić information content (AvgIpc) is 3.25. The molecule has 4 aromatic rings. The third-order valence-corrected chi connectivity index (χ3v) is 3.88. The Labute approximate surface area is 163 Å². The van der Waals surface area contributed by atoms with Crippen molar-refractivity contribution in [2.24, 2.45) is 0 Å². The van der Waals surface area contributed by atoms with Gasteiger partial charge in [-0.25, -0.2) is 19.6 Å². The van der Waals surface area contributed by atoms with Gasteiger partial charge in [0, 0.05) is 18.6 Å². The summed E-state index contributed by atoms with van der Waals surface area (Å²) in [7, 11) is 1.54. The fraction of sp³-hybridized carbons (Fsp3) is 0.176. The van der Waals surface area contributed by atoms with Crippen molar-refractivity contribution >= 4 is 18.2 Å². The smallest absolute Gasteiger partial charge is 0.453 e. The van der Waals surface area contributed by atoms with Crippen LogP contribution in [0.3, 0.4) is 0 Å². The Morgan fingerprint density at radius 1 is 1.11 bits per heavy atom. The highest BCUT2D eigenvalue weighted by Gasteiger charge is 2.37. The molecule has 1 aromatic carbocycles. The van der Waals surface area contributed by atoms with Crippen LogP contribution in [-0.4, -0.2) is 36.2 Å². The molecular weight excluding hydrogens is 397 g/mol. The van der Waals surface area contributed by atoms with Crippen molar-refractivity contribution in [3.8, 4) is 17.3 Å². The van der Waals surface area contributed by atoms with Crippen molar-refractivity contribution < 1.29 is 17.9 Å². The fourth-order valence-electron chi connectivity index (χ4n) is 2.60. The molecule has 0 N–H and O–H groups in total. The maximum absolute atomic E-state index is 13.1. The molecule has 0 fully saturated rings. The molecule has 0 bridgehead atoms. The summed E-state index contributed by atoms with van der Waals surface area (Å²) < 4.78 is 47.3. The minimum absolute atomic E-state index is 0. The van der Waals surface area contributed by atoms with E-state index in [4.69, 9.17) is 4.74 Å². The number of halogens is 4. The zero-order valence-electron chi connectivity index (χ0n) is 14.5. The average molecular weight is 411 g/mol. The lowest BCUT2D eigenvalue weighted by Crippen LogP contribution is -2.09. The Morgan fingerprint density at radius 2 is 1.86 bits per heavy atom. The number of rotatable bonds is 4. The predicted octanol–water partition coefficient (Wildman–Crippen LogP) is 3.49. The van der Waals surface area contributed by atoms with Crippen LogP contribution in [0.15, 0.2) is 48.9 Å². The van der Waals surface area contributed by atoms with E-state index in [0.29, 0.717) is 11.5 Å². The molecule has 4 rings (SSSR count). The van der Waals surface area contributed by atoms with Crippen LogP contribution in [0.4, 0.5) is 13.2 Å². The third-order valence-electron chi connectivity index (χ3n) is 3.88. The summed E-state index contributed by atoms with van der Waals surface area (Å²) in [6, 6.07) is 8.66. The van der Waals surface area contributed by atoms with E-state index in [2.05, 4.69) is 20.1 Å². The van der Waals surface area contributed by atoms with Crippen molar-refractivity contribution in [2.45, 2.75) is 12.7 Å². The van der Waals surface area contributed by atoms with Crippen LogP contribution in [0.5, 0.6) is 5.75 Å². The molecule has 0 aliphatic rings. The minimum atomic E-state index is -4.66. The van der Waals surface area contributed by atoms with Gasteiger partial charge >= 0.3 is 6.18 Å². The van der Waals surface area contributed by atoms with E-state index in [1.807, 2.05) is 0 Å². The van der Waals surface area contributed by atoms with Gasteiger partial charge in [-0.05, 0) is 23.8 Å². The van der Waals surface area contributed by atoms with Gasteiger partial charge in [0.05, 0.1) is 13.7 Å². The first-order chi connectivity index (χ1) is 12.9. The van der Waals surface area contributed by atoms with Gasteiger partial charge in [0.15, 0.2) is 5.82 Å². The van der Waals surface area contributed by atoms with Gasteiger partial charge in [-0.2, -0.15) is 13.2 Å². The van der Waals surface area contributed by atoms with Gasteiger partial charge < -0.3 is 4.74 Å². The van der Waals surface area contributed by atoms with Gasteiger partial charge in [-0.1, -0.05) is 12.1 Å². The van der Waals surface area contributed by atoms with E-state index in [9.17, 15) is 13.2 Å².